The molecule has 1 fully saturated rings. The van der Waals surface area contributed by atoms with Crippen LogP contribution in [0.2, 0.25) is 0 Å². The number of hydrogen-bond acceptors (Lipinski definition) is 3. The molecule has 2 N–H and O–H groups in total. The van der Waals surface area contributed by atoms with E-state index in [1.807, 2.05) is 13.8 Å². The van der Waals surface area contributed by atoms with Crippen LogP contribution in [0.1, 0.15) is 46.7 Å². The first kappa shape index (κ1) is 13.6. The molecule has 0 aromatic carbocycles. The van der Waals surface area contributed by atoms with Crippen molar-refractivity contribution >= 4 is 11.9 Å². The molecule has 104 valence electrons. The quantitative estimate of drug-likeness (QED) is 0.878. The summed E-state index contributed by atoms with van der Waals surface area (Å²) in [6.45, 7) is 5.45. The lowest BCUT2D eigenvalue weighted by molar-refractivity contribution is -0.141. The number of furan rings is 1. The predicted octanol–water partition coefficient (Wildman–Crippen LogP) is 2.19. The van der Waals surface area contributed by atoms with Gasteiger partial charge in [0, 0.05) is 11.6 Å². The molecule has 1 aromatic heterocycles. The SMILES string of the molecule is Cc1oc(C)c(C(=O)N[C@H]2CC[C@@H](C(=O)O)C2)c1C. The molecule has 1 heterocycles. The molecule has 19 heavy (non-hydrogen) atoms. The largest absolute Gasteiger partial charge is 0.481 e. The van der Waals surface area contributed by atoms with Gasteiger partial charge in [-0.3, -0.25) is 9.59 Å². The van der Waals surface area contributed by atoms with Crippen molar-refractivity contribution in [3.05, 3.63) is 22.6 Å². The molecule has 0 aliphatic heterocycles. The molecular formula is C14H19NO4. The van der Waals surface area contributed by atoms with E-state index in [9.17, 15) is 9.59 Å². The Morgan fingerprint density at radius 1 is 1.21 bits per heavy atom. The van der Waals surface area contributed by atoms with Gasteiger partial charge < -0.3 is 14.8 Å². The summed E-state index contributed by atoms with van der Waals surface area (Å²) in [5.41, 5.74) is 1.43. The first-order chi connectivity index (χ1) is 8.90. The van der Waals surface area contributed by atoms with E-state index in [-0.39, 0.29) is 17.9 Å². The summed E-state index contributed by atoms with van der Waals surface area (Å²) >= 11 is 0. The van der Waals surface area contributed by atoms with E-state index in [4.69, 9.17) is 9.52 Å². The molecule has 1 aliphatic carbocycles. The van der Waals surface area contributed by atoms with Crippen molar-refractivity contribution < 1.29 is 19.1 Å². The molecule has 1 aromatic rings. The van der Waals surface area contributed by atoms with E-state index in [0.29, 0.717) is 24.2 Å². The van der Waals surface area contributed by atoms with Crippen LogP contribution in [-0.4, -0.2) is 23.0 Å². The number of carbonyl (C=O) groups excluding carboxylic acids is 1. The Balaban J connectivity index is 2.04. The smallest absolute Gasteiger partial charge is 0.306 e. The van der Waals surface area contributed by atoms with Crippen molar-refractivity contribution in [3.63, 3.8) is 0 Å². The third-order valence-corrected chi connectivity index (χ3v) is 3.91. The number of hydrogen-bond donors (Lipinski definition) is 2. The van der Waals surface area contributed by atoms with Crippen molar-refractivity contribution in [1.82, 2.24) is 5.32 Å². The molecule has 1 amide bonds. The Kier molecular flexibility index (Phi) is 3.64. The van der Waals surface area contributed by atoms with Gasteiger partial charge in [-0.05, 0) is 40.0 Å². The number of nitrogens with one attached hydrogen (secondary N) is 1. The summed E-state index contributed by atoms with van der Waals surface area (Å²) in [5.74, 6) is 0.0856. The van der Waals surface area contributed by atoms with Crippen LogP contribution in [0.4, 0.5) is 0 Å². The van der Waals surface area contributed by atoms with Crippen LogP contribution in [-0.2, 0) is 4.79 Å². The lowest BCUT2D eigenvalue weighted by atomic mass is 10.1. The molecule has 2 atom stereocenters. The second-order valence-electron chi connectivity index (χ2n) is 5.23. The van der Waals surface area contributed by atoms with Gasteiger partial charge in [-0.25, -0.2) is 0 Å². The second kappa shape index (κ2) is 5.07. The highest BCUT2D eigenvalue weighted by molar-refractivity contribution is 5.97. The number of carboxylic acid groups (broad SMARTS) is 1. The molecule has 5 heteroatoms. The highest BCUT2D eigenvalue weighted by atomic mass is 16.4. The summed E-state index contributed by atoms with van der Waals surface area (Å²) in [7, 11) is 0. The molecule has 1 aliphatic rings. The minimum Gasteiger partial charge on any atom is -0.481 e. The monoisotopic (exact) mass is 265 g/mol. The van der Waals surface area contributed by atoms with Crippen molar-refractivity contribution in [2.24, 2.45) is 5.92 Å². The highest BCUT2D eigenvalue weighted by Gasteiger charge is 2.31. The fourth-order valence-corrected chi connectivity index (χ4v) is 2.72. The first-order valence-electron chi connectivity index (χ1n) is 6.50. The second-order valence-corrected chi connectivity index (χ2v) is 5.23. The van der Waals surface area contributed by atoms with E-state index < -0.39 is 5.97 Å². The van der Waals surface area contributed by atoms with Crippen molar-refractivity contribution in [1.29, 1.82) is 0 Å². The van der Waals surface area contributed by atoms with E-state index >= 15 is 0 Å². The molecule has 2 rings (SSSR count). The molecule has 0 spiro atoms. The zero-order valence-electron chi connectivity index (χ0n) is 11.4. The van der Waals surface area contributed by atoms with Gasteiger partial charge in [-0.1, -0.05) is 0 Å². The maximum Gasteiger partial charge on any atom is 0.306 e. The Labute approximate surface area is 112 Å². The summed E-state index contributed by atoms with van der Waals surface area (Å²) in [5, 5.41) is 11.9. The van der Waals surface area contributed by atoms with Gasteiger partial charge >= 0.3 is 5.97 Å². The van der Waals surface area contributed by atoms with Gasteiger partial charge in [0.2, 0.25) is 0 Å². The van der Waals surface area contributed by atoms with E-state index in [1.54, 1.807) is 6.92 Å². The Hall–Kier alpha value is -1.78. The Bertz CT molecular complexity index is 518. The van der Waals surface area contributed by atoms with Crippen LogP contribution in [0.5, 0.6) is 0 Å². The average Bonchev–Trinajstić information content (AvgIpc) is 2.85. The topological polar surface area (TPSA) is 79.5 Å². The lowest BCUT2D eigenvalue weighted by Crippen LogP contribution is -2.33. The molecular weight excluding hydrogens is 246 g/mol. The number of carboxylic acids is 1. The fourth-order valence-electron chi connectivity index (χ4n) is 2.72. The van der Waals surface area contributed by atoms with Gasteiger partial charge in [0.15, 0.2) is 0 Å². The molecule has 0 radical (unpaired) electrons. The van der Waals surface area contributed by atoms with Crippen LogP contribution in [0.15, 0.2) is 4.42 Å². The van der Waals surface area contributed by atoms with E-state index in [1.165, 1.54) is 0 Å². The summed E-state index contributed by atoms with van der Waals surface area (Å²) in [6, 6.07) is -0.0531. The van der Waals surface area contributed by atoms with Crippen LogP contribution < -0.4 is 5.32 Å². The minimum absolute atomic E-state index is 0.0531. The summed E-state index contributed by atoms with van der Waals surface area (Å²) in [6.07, 6.45) is 1.86. The molecule has 1 saturated carbocycles. The Morgan fingerprint density at radius 2 is 1.89 bits per heavy atom. The van der Waals surface area contributed by atoms with Gasteiger partial charge in [0.25, 0.3) is 5.91 Å². The minimum atomic E-state index is -0.775. The van der Waals surface area contributed by atoms with Gasteiger partial charge in [-0.2, -0.15) is 0 Å². The third-order valence-electron chi connectivity index (χ3n) is 3.91. The number of rotatable bonds is 3. The van der Waals surface area contributed by atoms with Crippen LogP contribution >= 0.6 is 0 Å². The molecule has 0 saturated heterocycles. The fraction of sp³-hybridized carbons (Fsp3) is 0.571. The molecule has 0 unspecified atom stereocenters. The van der Waals surface area contributed by atoms with Gasteiger partial charge in [-0.15, -0.1) is 0 Å². The zero-order chi connectivity index (χ0) is 14.2. The maximum atomic E-state index is 12.2. The summed E-state index contributed by atoms with van der Waals surface area (Å²) < 4.78 is 5.44. The van der Waals surface area contributed by atoms with Crippen molar-refractivity contribution in [2.75, 3.05) is 0 Å². The standard InChI is InChI=1S/C14H19NO4/c1-7-8(2)19-9(3)12(7)13(16)15-11-5-4-10(6-11)14(17)18/h10-11H,4-6H2,1-3H3,(H,15,16)(H,17,18)/t10-,11+/m1/s1. The van der Waals surface area contributed by atoms with E-state index in [2.05, 4.69) is 5.32 Å². The highest BCUT2D eigenvalue weighted by Crippen LogP contribution is 2.27. The molecule has 5 nitrogen and oxygen atoms in total. The number of amides is 1. The van der Waals surface area contributed by atoms with Crippen molar-refractivity contribution in [3.8, 4) is 0 Å². The van der Waals surface area contributed by atoms with Crippen LogP contribution in [0.3, 0.4) is 0 Å². The van der Waals surface area contributed by atoms with E-state index in [0.717, 1.165) is 17.7 Å². The van der Waals surface area contributed by atoms with Gasteiger partial charge in [0.05, 0.1) is 11.5 Å². The average molecular weight is 265 g/mol. The molecule has 0 bridgehead atoms. The van der Waals surface area contributed by atoms with Crippen LogP contribution in [0, 0.1) is 26.7 Å². The maximum absolute atomic E-state index is 12.2. The predicted molar refractivity (Wildman–Crippen MR) is 69.2 cm³/mol. The summed E-state index contributed by atoms with van der Waals surface area (Å²) in [4.78, 5) is 23.1. The zero-order valence-corrected chi connectivity index (χ0v) is 11.4. The third kappa shape index (κ3) is 2.64. The normalized spacial score (nSPS) is 22.5. The van der Waals surface area contributed by atoms with Gasteiger partial charge in [0.1, 0.15) is 11.5 Å². The van der Waals surface area contributed by atoms with Crippen LogP contribution in [0.25, 0.3) is 0 Å². The Morgan fingerprint density at radius 3 is 2.37 bits per heavy atom. The number of carbonyl (C=O) groups is 2. The van der Waals surface area contributed by atoms with Crippen molar-refractivity contribution in [2.45, 2.75) is 46.1 Å². The number of aliphatic carboxylic acids is 1. The first-order valence-corrected chi connectivity index (χ1v) is 6.50. The number of aryl methyl sites for hydroxylation is 2. The lowest BCUT2D eigenvalue weighted by Gasteiger charge is -2.12.